The third-order valence-corrected chi connectivity index (χ3v) is 9.75. The lowest BCUT2D eigenvalue weighted by molar-refractivity contribution is -0.146. The van der Waals surface area contributed by atoms with Crippen molar-refractivity contribution < 1.29 is 29.3 Å². The molecule has 9 heteroatoms. The highest BCUT2D eigenvalue weighted by Gasteiger charge is 2.65. The van der Waals surface area contributed by atoms with E-state index in [-0.39, 0.29) is 24.0 Å². The zero-order valence-electron chi connectivity index (χ0n) is 20.6. The van der Waals surface area contributed by atoms with Crippen LogP contribution in [0.15, 0.2) is 48.5 Å². The van der Waals surface area contributed by atoms with E-state index in [1.807, 2.05) is 56.4 Å². The molecular formula is C26H34N2O6Si. The average molecular weight is 499 g/mol. The van der Waals surface area contributed by atoms with Gasteiger partial charge in [0.2, 0.25) is 0 Å². The Hall–Kier alpha value is -2.56. The van der Waals surface area contributed by atoms with Crippen LogP contribution in [0.5, 0.6) is 0 Å². The zero-order chi connectivity index (χ0) is 25.5. The van der Waals surface area contributed by atoms with Crippen LogP contribution in [-0.4, -0.2) is 54.0 Å². The number of fused-ring (bicyclic) bond motifs is 2. The van der Waals surface area contributed by atoms with Gasteiger partial charge in [-0.1, -0.05) is 37.3 Å². The second kappa shape index (κ2) is 9.48. The maximum Gasteiger partial charge on any atom is 0.264 e. The van der Waals surface area contributed by atoms with Gasteiger partial charge < -0.3 is 30.0 Å². The fraction of sp³-hybridized carbons (Fsp3) is 0.462. The van der Waals surface area contributed by atoms with Gasteiger partial charge in [0.05, 0.1) is 18.3 Å². The molecule has 0 bridgehead atoms. The summed E-state index contributed by atoms with van der Waals surface area (Å²) in [6.45, 7) is 7.34. The summed E-state index contributed by atoms with van der Waals surface area (Å²) in [4.78, 5) is 38.7. The number of ether oxygens (including phenoxy) is 1. The fourth-order valence-electron chi connectivity index (χ4n) is 5.71. The summed E-state index contributed by atoms with van der Waals surface area (Å²) in [5.41, 5.74) is 1.58. The monoisotopic (exact) mass is 498 g/mol. The quantitative estimate of drug-likeness (QED) is 0.436. The van der Waals surface area contributed by atoms with Crippen LogP contribution in [-0.2, 0) is 26.5 Å². The van der Waals surface area contributed by atoms with Crippen molar-refractivity contribution in [3.8, 4) is 0 Å². The van der Waals surface area contributed by atoms with Crippen LogP contribution >= 0.6 is 0 Å². The molecule has 2 aromatic carbocycles. The fourth-order valence-corrected chi connectivity index (χ4v) is 8.31. The van der Waals surface area contributed by atoms with Crippen LogP contribution in [0.25, 0.3) is 0 Å². The van der Waals surface area contributed by atoms with E-state index in [9.17, 15) is 24.6 Å². The number of hydrogen-bond acceptors (Lipinski definition) is 6. The lowest BCUT2D eigenvalue weighted by Crippen LogP contribution is -2.46. The molecule has 1 spiro atoms. The maximum absolute atomic E-state index is 14.1. The first kappa shape index (κ1) is 25.5. The molecule has 188 valence electrons. The molecule has 5 atom stereocenters. The summed E-state index contributed by atoms with van der Waals surface area (Å²) in [6, 6.07) is 14.7. The molecule has 1 saturated heterocycles. The van der Waals surface area contributed by atoms with Crippen LogP contribution in [0.1, 0.15) is 31.4 Å². The van der Waals surface area contributed by atoms with Gasteiger partial charge in [-0.15, -0.1) is 0 Å². The molecule has 2 aromatic rings. The highest BCUT2D eigenvalue weighted by molar-refractivity contribution is 6.71. The van der Waals surface area contributed by atoms with E-state index in [4.69, 9.17) is 4.74 Å². The number of carbonyl (C=O) groups is 2. The van der Waals surface area contributed by atoms with Crippen molar-refractivity contribution in [3.05, 3.63) is 59.7 Å². The summed E-state index contributed by atoms with van der Waals surface area (Å²) in [6.07, 6.45) is -1.15. The molecule has 0 unspecified atom stereocenters. The first-order chi connectivity index (χ1) is 16.5. The highest BCUT2D eigenvalue weighted by atomic mass is 28.4. The minimum atomic E-state index is -2.72. The summed E-state index contributed by atoms with van der Waals surface area (Å²) in [5.74, 6) is -0.915. The van der Waals surface area contributed by atoms with E-state index in [0.717, 1.165) is 16.8 Å². The van der Waals surface area contributed by atoms with Gasteiger partial charge in [0.1, 0.15) is 6.10 Å². The second-order valence-corrected chi connectivity index (χ2v) is 14.1. The molecule has 2 aliphatic rings. The van der Waals surface area contributed by atoms with Crippen molar-refractivity contribution in [1.29, 1.82) is 0 Å². The third kappa shape index (κ3) is 4.43. The normalized spacial score (nSPS) is 26.8. The number of nitrogens with zero attached hydrogens (tertiary/aromatic N) is 1. The van der Waals surface area contributed by atoms with Crippen molar-refractivity contribution in [2.75, 3.05) is 16.8 Å². The molecule has 1 fully saturated rings. The van der Waals surface area contributed by atoms with Crippen LogP contribution in [0.2, 0.25) is 18.6 Å². The lowest BCUT2D eigenvalue weighted by Gasteiger charge is -2.32. The van der Waals surface area contributed by atoms with E-state index in [0.29, 0.717) is 18.7 Å². The largest absolute Gasteiger partial charge is 0.432 e. The smallest absolute Gasteiger partial charge is 0.264 e. The molecule has 0 aliphatic carbocycles. The minimum absolute atomic E-state index is 0.0774. The molecule has 4 N–H and O–H groups in total. The van der Waals surface area contributed by atoms with Crippen LogP contribution in [0.4, 0.5) is 11.4 Å². The Morgan fingerprint density at radius 1 is 1.20 bits per heavy atom. The Kier molecular flexibility index (Phi) is 6.91. The summed E-state index contributed by atoms with van der Waals surface area (Å²) >= 11 is 0. The van der Waals surface area contributed by atoms with Gasteiger partial charge in [-0.2, -0.15) is 0 Å². The Bertz CT molecular complexity index is 1100. The molecule has 8 nitrogen and oxygen atoms in total. The Morgan fingerprint density at radius 3 is 2.46 bits per heavy atom. The lowest BCUT2D eigenvalue weighted by atomic mass is 9.82. The van der Waals surface area contributed by atoms with Gasteiger partial charge in [-0.3, -0.25) is 9.59 Å². The predicted octanol–water partition coefficient (Wildman–Crippen LogP) is 2.73. The Balaban J connectivity index is 1.66. The number of aliphatic hydroxyl groups excluding tert-OH is 2. The number of nitrogens with one attached hydrogen (secondary N) is 1. The van der Waals surface area contributed by atoms with Crippen molar-refractivity contribution in [3.63, 3.8) is 0 Å². The first-order valence-corrected chi connectivity index (χ1v) is 15.0. The minimum Gasteiger partial charge on any atom is -0.432 e. The van der Waals surface area contributed by atoms with E-state index in [2.05, 4.69) is 5.32 Å². The topological polar surface area (TPSA) is 119 Å². The van der Waals surface area contributed by atoms with Crippen molar-refractivity contribution in [2.24, 2.45) is 5.92 Å². The summed E-state index contributed by atoms with van der Waals surface area (Å²) in [7, 11) is -2.72. The Morgan fingerprint density at radius 2 is 1.86 bits per heavy atom. The molecule has 2 aliphatic heterocycles. The maximum atomic E-state index is 14.1. The van der Waals surface area contributed by atoms with Crippen LogP contribution in [0, 0.1) is 5.92 Å². The van der Waals surface area contributed by atoms with E-state index < -0.39 is 32.0 Å². The number of hydrogen-bond donors (Lipinski definition) is 4. The second-order valence-electron chi connectivity index (χ2n) is 10.1. The SMILES string of the molecule is C[C@H](O)C(=O)Nc1ccc(CN2C(=O)[C@]3(O[C@H](CCO)[C@@H]([Si](C)(C)O)[C@@H]3C)c3ccccc32)cc1. The number of aliphatic hydroxyl groups is 2. The van der Waals surface area contributed by atoms with Gasteiger partial charge in [-0.05, 0) is 50.2 Å². The average Bonchev–Trinajstić information content (AvgIpc) is 3.22. The standard InChI is InChI=1S/C26H34N2O6Si/c1-16-23(35(3,4)33)22(13-14-29)34-26(16)20-7-5-6-8-21(20)28(25(26)32)15-18-9-11-19(12-10-18)27-24(31)17(2)30/h5-12,16-17,22-23,29-30,33H,13-15H2,1-4H3,(H,27,31)/t16-,17-,22+,23-,26+/m0/s1. The van der Waals surface area contributed by atoms with Crippen molar-refractivity contribution >= 4 is 31.5 Å². The third-order valence-electron chi connectivity index (χ3n) is 7.25. The van der Waals surface area contributed by atoms with Gasteiger partial charge in [0.25, 0.3) is 11.8 Å². The predicted molar refractivity (Wildman–Crippen MR) is 135 cm³/mol. The molecule has 4 rings (SSSR count). The number of amides is 2. The summed E-state index contributed by atoms with van der Waals surface area (Å²) < 4.78 is 6.55. The number of carbonyl (C=O) groups excluding carboxylic acids is 2. The van der Waals surface area contributed by atoms with Crippen LogP contribution < -0.4 is 10.2 Å². The van der Waals surface area contributed by atoms with Crippen LogP contribution in [0.3, 0.4) is 0 Å². The first-order valence-electron chi connectivity index (χ1n) is 12.0. The molecule has 0 aromatic heterocycles. The van der Waals surface area contributed by atoms with Gasteiger partial charge in [0, 0.05) is 29.3 Å². The van der Waals surface area contributed by atoms with E-state index >= 15 is 0 Å². The van der Waals surface area contributed by atoms with Crippen molar-refractivity contribution in [1.82, 2.24) is 0 Å². The highest BCUT2D eigenvalue weighted by Crippen LogP contribution is 2.59. The molecule has 2 amide bonds. The molecule has 2 heterocycles. The zero-order valence-corrected chi connectivity index (χ0v) is 21.6. The van der Waals surface area contributed by atoms with E-state index in [1.54, 1.807) is 17.0 Å². The van der Waals surface area contributed by atoms with E-state index in [1.165, 1.54) is 6.92 Å². The number of benzene rings is 2. The van der Waals surface area contributed by atoms with Gasteiger partial charge in [0.15, 0.2) is 13.9 Å². The molecule has 35 heavy (non-hydrogen) atoms. The number of para-hydroxylation sites is 1. The summed E-state index contributed by atoms with van der Waals surface area (Å²) in [5, 5.41) is 21.7. The molecule has 0 saturated carbocycles. The Labute approximate surface area is 206 Å². The number of rotatable bonds is 7. The molecule has 0 radical (unpaired) electrons. The van der Waals surface area contributed by atoms with Gasteiger partial charge >= 0.3 is 0 Å². The van der Waals surface area contributed by atoms with Gasteiger partial charge in [-0.25, -0.2) is 0 Å². The number of anilines is 2. The molecular weight excluding hydrogens is 464 g/mol. The van der Waals surface area contributed by atoms with Crippen molar-refractivity contribution in [2.45, 2.75) is 63.3 Å².